The summed E-state index contributed by atoms with van der Waals surface area (Å²) < 4.78 is 2.24. The maximum absolute atomic E-state index is 5.21. The highest BCUT2D eigenvalue weighted by Gasteiger charge is 2.51. The molecule has 11 rings (SSSR count). The van der Waals surface area contributed by atoms with Gasteiger partial charge in [0.1, 0.15) is 0 Å². The van der Waals surface area contributed by atoms with Crippen molar-refractivity contribution in [3.8, 4) is 51.0 Å². The highest BCUT2D eigenvalue weighted by atomic mass is 15.2. The van der Waals surface area contributed by atoms with Crippen molar-refractivity contribution in [2.45, 2.75) is 5.41 Å². The molecule has 1 spiro atoms. The predicted molar refractivity (Wildman–Crippen MR) is 201 cm³/mol. The van der Waals surface area contributed by atoms with Gasteiger partial charge in [0.05, 0.1) is 16.4 Å². The van der Waals surface area contributed by atoms with E-state index in [9.17, 15) is 0 Å². The Hall–Kier alpha value is -6.65. The SMILES string of the molecule is c1ccc(-c2nc(-c3ccccc3)nc(-n3c4ccccc4c4cc5c(cc43)C3(c4ccccc4-c4ccccc43)c3ccccc3-5)n2)cc1. The highest BCUT2D eigenvalue weighted by molar-refractivity contribution is 6.12. The Balaban J connectivity index is 1.27. The second kappa shape index (κ2) is 10.2. The number of para-hydroxylation sites is 1. The van der Waals surface area contributed by atoms with Crippen molar-refractivity contribution >= 4 is 21.8 Å². The smallest absolute Gasteiger partial charge is 0.238 e. The first-order valence-corrected chi connectivity index (χ1v) is 17.0. The number of aromatic nitrogens is 4. The molecule has 232 valence electrons. The zero-order chi connectivity index (χ0) is 32.8. The summed E-state index contributed by atoms with van der Waals surface area (Å²) in [5.74, 6) is 1.88. The summed E-state index contributed by atoms with van der Waals surface area (Å²) in [5.41, 5.74) is 14.0. The Labute approximate surface area is 289 Å². The van der Waals surface area contributed by atoms with Gasteiger partial charge in [-0.05, 0) is 62.7 Å². The Kier molecular flexibility index (Phi) is 5.56. The molecule has 0 bridgehead atoms. The minimum Gasteiger partial charge on any atom is -0.278 e. The quantitative estimate of drug-likeness (QED) is 0.194. The highest BCUT2D eigenvalue weighted by Crippen LogP contribution is 2.63. The van der Waals surface area contributed by atoms with E-state index in [-0.39, 0.29) is 0 Å². The maximum Gasteiger partial charge on any atom is 0.238 e. The first kappa shape index (κ1) is 27.3. The van der Waals surface area contributed by atoms with Gasteiger partial charge in [-0.1, -0.05) is 152 Å². The first-order chi connectivity index (χ1) is 24.8. The Morgan fingerprint density at radius 1 is 0.360 bits per heavy atom. The van der Waals surface area contributed by atoms with E-state index in [1.807, 2.05) is 36.4 Å². The van der Waals surface area contributed by atoms with Crippen LogP contribution in [0.3, 0.4) is 0 Å². The molecule has 0 radical (unpaired) electrons. The molecule has 0 unspecified atom stereocenters. The van der Waals surface area contributed by atoms with E-state index in [4.69, 9.17) is 15.0 Å². The molecule has 2 aliphatic rings. The third-order valence-corrected chi connectivity index (χ3v) is 10.7. The van der Waals surface area contributed by atoms with E-state index in [0.717, 1.165) is 22.2 Å². The van der Waals surface area contributed by atoms with E-state index in [1.54, 1.807) is 0 Å². The number of fused-ring (bicyclic) bond motifs is 13. The molecule has 2 aliphatic carbocycles. The normalized spacial score (nSPS) is 13.4. The average Bonchev–Trinajstić information content (AvgIpc) is 3.79. The molecule has 4 nitrogen and oxygen atoms in total. The number of hydrogen-bond acceptors (Lipinski definition) is 3. The van der Waals surface area contributed by atoms with Crippen LogP contribution in [0.2, 0.25) is 0 Å². The van der Waals surface area contributed by atoms with Gasteiger partial charge in [0.25, 0.3) is 0 Å². The first-order valence-electron chi connectivity index (χ1n) is 17.0. The monoisotopic (exact) mass is 636 g/mol. The second-order valence-electron chi connectivity index (χ2n) is 13.2. The largest absolute Gasteiger partial charge is 0.278 e. The van der Waals surface area contributed by atoms with Crippen LogP contribution in [0, 0.1) is 0 Å². The fourth-order valence-electron chi connectivity index (χ4n) is 8.67. The molecule has 7 aromatic carbocycles. The lowest BCUT2D eigenvalue weighted by atomic mass is 9.70. The molecule has 4 heteroatoms. The van der Waals surface area contributed by atoms with Gasteiger partial charge >= 0.3 is 0 Å². The number of nitrogens with zero attached hydrogens (tertiary/aromatic N) is 4. The van der Waals surface area contributed by atoms with Crippen molar-refractivity contribution in [3.05, 3.63) is 192 Å². The van der Waals surface area contributed by atoms with Gasteiger partial charge in [-0.3, -0.25) is 4.57 Å². The van der Waals surface area contributed by atoms with E-state index < -0.39 is 5.41 Å². The van der Waals surface area contributed by atoms with Crippen molar-refractivity contribution in [2.24, 2.45) is 0 Å². The standard InChI is InChI=1S/C46H28N4/c1-3-15-29(16-4-1)43-47-44(30-17-5-2-6-18-30)49-45(48-43)50-41-26-14-10-22-34(41)36-27-35-33-21-9-13-25-39(33)46(40(35)28-42(36)50)37-23-11-7-19-31(37)32-20-8-12-24-38(32)46/h1-28H. The molecule has 0 saturated heterocycles. The lowest BCUT2D eigenvalue weighted by molar-refractivity contribution is 0.794. The van der Waals surface area contributed by atoms with Gasteiger partial charge in [0.2, 0.25) is 5.95 Å². The fraction of sp³-hybridized carbons (Fsp3) is 0.0217. The van der Waals surface area contributed by atoms with Crippen LogP contribution in [-0.4, -0.2) is 19.5 Å². The maximum atomic E-state index is 5.21. The van der Waals surface area contributed by atoms with Gasteiger partial charge < -0.3 is 0 Å². The van der Waals surface area contributed by atoms with Crippen molar-refractivity contribution in [3.63, 3.8) is 0 Å². The van der Waals surface area contributed by atoms with Crippen LogP contribution in [0.5, 0.6) is 0 Å². The van der Waals surface area contributed by atoms with Gasteiger partial charge in [0.15, 0.2) is 11.6 Å². The summed E-state index contributed by atoms with van der Waals surface area (Å²) in [7, 11) is 0. The summed E-state index contributed by atoms with van der Waals surface area (Å²) in [6, 6.07) is 60.7. The third-order valence-electron chi connectivity index (χ3n) is 10.7. The molecular weight excluding hydrogens is 609 g/mol. The summed E-state index contributed by atoms with van der Waals surface area (Å²) >= 11 is 0. The van der Waals surface area contributed by atoms with Gasteiger partial charge in [-0.2, -0.15) is 9.97 Å². The van der Waals surface area contributed by atoms with Crippen LogP contribution in [0.25, 0.3) is 72.8 Å². The number of benzene rings is 7. The molecule has 9 aromatic rings. The van der Waals surface area contributed by atoms with Crippen LogP contribution in [0.4, 0.5) is 0 Å². The van der Waals surface area contributed by atoms with Crippen LogP contribution in [-0.2, 0) is 5.41 Å². The van der Waals surface area contributed by atoms with E-state index >= 15 is 0 Å². The van der Waals surface area contributed by atoms with Crippen molar-refractivity contribution in [1.29, 1.82) is 0 Å². The average molecular weight is 637 g/mol. The summed E-state index contributed by atoms with van der Waals surface area (Å²) in [4.78, 5) is 15.4. The zero-order valence-corrected chi connectivity index (χ0v) is 27.0. The summed E-state index contributed by atoms with van der Waals surface area (Å²) in [5, 5.41) is 2.34. The molecular formula is C46H28N4. The van der Waals surface area contributed by atoms with Crippen molar-refractivity contribution in [2.75, 3.05) is 0 Å². The lowest BCUT2D eigenvalue weighted by Gasteiger charge is -2.30. The lowest BCUT2D eigenvalue weighted by Crippen LogP contribution is -2.25. The minimum atomic E-state index is -0.446. The van der Waals surface area contributed by atoms with Crippen LogP contribution < -0.4 is 0 Å². The predicted octanol–water partition coefficient (Wildman–Crippen LogP) is 10.6. The Bertz CT molecular complexity index is 2710. The molecule has 0 amide bonds. The van der Waals surface area contributed by atoms with Crippen LogP contribution in [0.15, 0.2) is 170 Å². The zero-order valence-electron chi connectivity index (χ0n) is 27.0. The molecule has 2 heterocycles. The molecule has 2 aromatic heterocycles. The van der Waals surface area contributed by atoms with Crippen molar-refractivity contribution < 1.29 is 0 Å². The summed E-state index contributed by atoms with van der Waals surface area (Å²) in [6.07, 6.45) is 0. The second-order valence-corrected chi connectivity index (χ2v) is 13.2. The Morgan fingerprint density at radius 3 is 1.42 bits per heavy atom. The van der Waals surface area contributed by atoms with Gasteiger partial charge in [-0.25, -0.2) is 4.98 Å². The molecule has 50 heavy (non-hydrogen) atoms. The Morgan fingerprint density at radius 2 is 0.840 bits per heavy atom. The molecule has 0 fully saturated rings. The fourth-order valence-corrected chi connectivity index (χ4v) is 8.67. The summed E-state index contributed by atoms with van der Waals surface area (Å²) in [6.45, 7) is 0. The number of rotatable bonds is 3. The molecule has 0 aliphatic heterocycles. The van der Waals surface area contributed by atoms with Crippen LogP contribution >= 0.6 is 0 Å². The topological polar surface area (TPSA) is 43.6 Å². The van der Waals surface area contributed by atoms with Gasteiger partial charge in [-0.15, -0.1) is 0 Å². The van der Waals surface area contributed by atoms with Crippen molar-refractivity contribution in [1.82, 2.24) is 19.5 Å². The van der Waals surface area contributed by atoms with Crippen LogP contribution in [0.1, 0.15) is 22.3 Å². The van der Waals surface area contributed by atoms with E-state index in [2.05, 4.69) is 138 Å². The molecule has 0 N–H and O–H groups in total. The van der Waals surface area contributed by atoms with Gasteiger partial charge in [0, 0.05) is 21.9 Å². The van der Waals surface area contributed by atoms with E-state index in [1.165, 1.54) is 55.3 Å². The third kappa shape index (κ3) is 3.57. The molecule has 0 saturated carbocycles. The van der Waals surface area contributed by atoms with E-state index in [0.29, 0.717) is 17.6 Å². The molecule has 0 atom stereocenters. The number of hydrogen-bond donors (Lipinski definition) is 0. The minimum absolute atomic E-state index is 0.446.